The summed E-state index contributed by atoms with van der Waals surface area (Å²) in [6.07, 6.45) is 1.63. The van der Waals surface area contributed by atoms with Crippen LogP contribution in [0, 0.1) is 12.7 Å². The molecule has 3 rings (SSSR count). The number of aromatic nitrogens is 1. The third-order valence-electron chi connectivity index (χ3n) is 4.11. The standard InChI is InChI=1S/C22H20FN3O2S/c1-14-5-10-18(12-20(14)25-15(2)27)26-21(28)19-4-3-11-24-22(19)29-13-16-6-8-17(23)9-7-16/h3-12H,13H2,1-2H3,(H,25,27)(H,26,28). The van der Waals surface area contributed by atoms with Crippen molar-refractivity contribution in [1.82, 2.24) is 4.98 Å². The van der Waals surface area contributed by atoms with Crippen LogP contribution in [0.15, 0.2) is 65.8 Å². The molecule has 2 N–H and O–H groups in total. The largest absolute Gasteiger partial charge is 0.326 e. The molecule has 5 nitrogen and oxygen atoms in total. The molecule has 1 aromatic heterocycles. The van der Waals surface area contributed by atoms with Crippen molar-refractivity contribution in [1.29, 1.82) is 0 Å². The Hall–Kier alpha value is -3.19. The van der Waals surface area contributed by atoms with Crippen LogP contribution in [0.25, 0.3) is 0 Å². The third kappa shape index (κ3) is 5.65. The number of anilines is 2. The van der Waals surface area contributed by atoms with Crippen LogP contribution in [0.5, 0.6) is 0 Å². The molecule has 0 saturated carbocycles. The van der Waals surface area contributed by atoms with Crippen LogP contribution in [-0.2, 0) is 10.5 Å². The molecule has 148 valence electrons. The van der Waals surface area contributed by atoms with Gasteiger partial charge < -0.3 is 10.6 Å². The summed E-state index contributed by atoms with van der Waals surface area (Å²) >= 11 is 1.41. The minimum Gasteiger partial charge on any atom is -0.326 e. The van der Waals surface area contributed by atoms with Gasteiger partial charge >= 0.3 is 0 Å². The van der Waals surface area contributed by atoms with Gasteiger partial charge in [0.1, 0.15) is 10.8 Å². The average Bonchev–Trinajstić information content (AvgIpc) is 2.70. The number of aryl methyl sites for hydroxylation is 1. The van der Waals surface area contributed by atoms with Crippen molar-refractivity contribution in [2.24, 2.45) is 0 Å². The average molecular weight is 409 g/mol. The fourth-order valence-electron chi connectivity index (χ4n) is 2.63. The summed E-state index contributed by atoms with van der Waals surface area (Å²) in [5.41, 5.74) is 3.50. The highest BCUT2D eigenvalue weighted by Gasteiger charge is 2.14. The maximum Gasteiger partial charge on any atom is 0.258 e. The summed E-state index contributed by atoms with van der Waals surface area (Å²) in [5.74, 6) is -0.191. The van der Waals surface area contributed by atoms with Gasteiger partial charge in [-0.15, -0.1) is 11.8 Å². The second-order valence-electron chi connectivity index (χ2n) is 6.44. The van der Waals surface area contributed by atoms with E-state index >= 15 is 0 Å². The summed E-state index contributed by atoms with van der Waals surface area (Å²) in [6, 6.07) is 15.0. The van der Waals surface area contributed by atoms with Crippen LogP contribution < -0.4 is 10.6 Å². The lowest BCUT2D eigenvalue weighted by Crippen LogP contribution is -2.14. The number of carbonyl (C=O) groups is 2. The van der Waals surface area contributed by atoms with Crippen LogP contribution in [0.2, 0.25) is 0 Å². The summed E-state index contributed by atoms with van der Waals surface area (Å²) in [5, 5.41) is 6.19. The molecule has 0 aliphatic carbocycles. The molecule has 3 aromatic rings. The highest BCUT2D eigenvalue weighted by Crippen LogP contribution is 2.26. The first-order valence-corrected chi connectivity index (χ1v) is 9.93. The molecular formula is C22H20FN3O2S. The number of carbonyl (C=O) groups excluding carboxylic acids is 2. The smallest absolute Gasteiger partial charge is 0.258 e. The molecule has 0 bridgehead atoms. The maximum atomic E-state index is 13.1. The van der Waals surface area contributed by atoms with Gasteiger partial charge in [0.05, 0.1) is 5.56 Å². The van der Waals surface area contributed by atoms with E-state index in [1.807, 2.05) is 13.0 Å². The summed E-state index contributed by atoms with van der Waals surface area (Å²) in [4.78, 5) is 28.5. The fourth-order valence-corrected chi connectivity index (χ4v) is 3.58. The molecule has 0 saturated heterocycles. The second-order valence-corrected chi connectivity index (χ2v) is 7.40. The van der Waals surface area contributed by atoms with Gasteiger partial charge in [0.2, 0.25) is 5.91 Å². The van der Waals surface area contributed by atoms with Crippen molar-refractivity contribution in [3.8, 4) is 0 Å². The number of nitrogens with one attached hydrogen (secondary N) is 2. The SMILES string of the molecule is CC(=O)Nc1cc(NC(=O)c2cccnc2SCc2ccc(F)cc2)ccc1C. The molecule has 0 spiro atoms. The van der Waals surface area contributed by atoms with Gasteiger partial charge in [-0.3, -0.25) is 9.59 Å². The molecule has 0 radical (unpaired) electrons. The van der Waals surface area contributed by atoms with E-state index in [0.717, 1.165) is 11.1 Å². The Morgan fingerprint density at radius 2 is 1.83 bits per heavy atom. The number of hydrogen-bond donors (Lipinski definition) is 2. The van der Waals surface area contributed by atoms with E-state index in [-0.39, 0.29) is 17.6 Å². The molecule has 0 unspecified atom stereocenters. The third-order valence-corrected chi connectivity index (χ3v) is 5.19. The molecule has 0 fully saturated rings. The molecule has 0 atom stereocenters. The Kier molecular flexibility index (Phi) is 6.61. The lowest BCUT2D eigenvalue weighted by Gasteiger charge is -2.12. The van der Waals surface area contributed by atoms with Crippen molar-refractivity contribution in [2.75, 3.05) is 10.6 Å². The number of nitrogens with zero attached hydrogens (tertiary/aromatic N) is 1. The summed E-state index contributed by atoms with van der Waals surface area (Å²) in [6.45, 7) is 3.31. The van der Waals surface area contributed by atoms with Crippen molar-refractivity contribution in [2.45, 2.75) is 24.6 Å². The minimum absolute atomic E-state index is 0.177. The summed E-state index contributed by atoms with van der Waals surface area (Å²) < 4.78 is 13.1. The lowest BCUT2D eigenvalue weighted by molar-refractivity contribution is -0.114. The van der Waals surface area contributed by atoms with Gasteiger partial charge in [-0.1, -0.05) is 18.2 Å². The zero-order chi connectivity index (χ0) is 20.8. The highest BCUT2D eigenvalue weighted by atomic mass is 32.2. The van der Waals surface area contributed by atoms with Crippen LogP contribution >= 0.6 is 11.8 Å². The molecule has 2 amide bonds. The molecule has 0 aliphatic rings. The van der Waals surface area contributed by atoms with E-state index in [0.29, 0.717) is 27.7 Å². The Bertz CT molecular complexity index is 1040. The first-order valence-electron chi connectivity index (χ1n) is 8.94. The monoisotopic (exact) mass is 409 g/mol. The Balaban J connectivity index is 1.74. The van der Waals surface area contributed by atoms with Crippen LogP contribution in [-0.4, -0.2) is 16.8 Å². The van der Waals surface area contributed by atoms with Crippen molar-refractivity contribution in [3.05, 3.63) is 83.3 Å². The predicted molar refractivity (Wildman–Crippen MR) is 114 cm³/mol. The van der Waals surface area contributed by atoms with Gasteiger partial charge in [-0.25, -0.2) is 9.37 Å². The van der Waals surface area contributed by atoms with Crippen molar-refractivity contribution in [3.63, 3.8) is 0 Å². The van der Waals surface area contributed by atoms with E-state index in [9.17, 15) is 14.0 Å². The number of amides is 2. The molecule has 1 heterocycles. The quantitative estimate of drug-likeness (QED) is 0.560. The molecular weight excluding hydrogens is 389 g/mol. The Morgan fingerprint density at radius 1 is 1.07 bits per heavy atom. The predicted octanol–water partition coefficient (Wildman–Crippen LogP) is 5.03. The number of benzene rings is 2. The van der Waals surface area contributed by atoms with E-state index in [1.54, 1.807) is 42.6 Å². The van der Waals surface area contributed by atoms with E-state index in [1.165, 1.54) is 30.8 Å². The first-order chi connectivity index (χ1) is 13.9. The Labute approximate surface area is 172 Å². The van der Waals surface area contributed by atoms with Crippen molar-refractivity contribution < 1.29 is 14.0 Å². The van der Waals surface area contributed by atoms with Crippen LogP contribution in [0.4, 0.5) is 15.8 Å². The van der Waals surface area contributed by atoms with Crippen LogP contribution in [0.3, 0.4) is 0 Å². The zero-order valence-corrected chi connectivity index (χ0v) is 16.8. The van der Waals surface area contributed by atoms with Gasteiger partial charge in [0.25, 0.3) is 5.91 Å². The van der Waals surface area contributed by atoms with Crippen molar-refractivity contribution >= 4 is 35.0 Å². The van der Waals surface area contributed by atoms with Gasteiger partial charge in [0, 0.05) is 30.2 Å². The van der Waals surface area contributed by atoms with Gasteiger partial charge in [-0.2, -0.15) is 0 Å². The Morgan fingerprint density at radius 3 is 2.55 bits per heavy atom. The number of thioether (sulfide) groups is 1. The second kappa shape index (κ2) is 9.34. The molecule has 29 heavy (non-hydrogen) atoms. The number of rotatable bonds is 6. The topological polar surface area (TPSA) is 71.1 Å². The molecule has 7 heteroatoms. The highest BCUT2D eigenvalue weighted by molar-refractivity contribution is 7.98. The summed E-state index contributed by atoms with van der Waals surface area (Å²) in [7, 11) is 0. The fraction of sp³-hybridized carbons (Fsp3) is 0.136. The molecule has 0 aliphatic heterocycles. The van der Waals surface area contributed by atoms with Gasteiger partial charge in [-0.05, 0) is 54.4 Å². The normalized spacial score (nSPS) is 10.4. The maximum absolute atomic E-state index is 13.1. The number of pyridine rings is 1. The van der Waals surface area contributed by atoms with E-state index in [4.69, 9.17) is 0 Å². The van der Waals surface area contributed by atoms with Crippen LogP contribution in [0.1, 0.15) is 28.4 Å². The van der Waals surface area contributed by atoms with Gasteiger partial charge in [0.15, 0.2) is 0 Å². The number of halogens is 1. The zero-order valence-electron chi connectivity index (χ0n) is 16.0. The molecule has 2 aromatic carbocycles. The number of hydrogen-bond acceptors (Lipinski definition) is 4. The minimum atomic E-state index is -0.294. The lowest BCUT2D eigenvalue weighted by atomic mass is 10.1. The van der Waals surface area contributed by atoms with E-state index in [2.05, 4.69) is 15.6 Å². The van der Waals surface area contributed by atoms with E-state index < -0.39 is 0 Å². The first kappa shape index (κ1) is 20.5.